The van der Waals surface area contributed by atoms with E-state index in [1.165, 1.54) is 24.3 Å². The molecule has 2 nitrogen and oxygen atoms in total. The summed E-state index contributed by atoms with van der Waals surface area (Å²) in [6.45, 7) is 0. The number of para-hydroxylation sites is 1. The molecule has 19 heavy (non-hydrogen) atoms. The SMILES string of the molecule is Fc1ccc(NC(=S)Nc2ccccc2F)cc1Cl. The average molecular weight is 299 g/mol. The Morgan fingerprint density at radius 3 is 2.42 bits per heavy atom. The molecule has 2 N–H and O–H groups in total. The number of anilines is 2. The second-order valence-corrected chi connectivity index (χ2v) is 4.50. The van der Waals surface area contributed by atoms with Gasteiger partial charge in [-0.25, -0.2) is 8.78 Å². The molecule has 2 aromatic rings. The molecule has 0 saturated carbocycles. The zero-order chi connectivity index (χ0) is 13.8. The molecule has 0 heterocycles. The van der Waals surface area contributed by atoms with Crippen molar-refractivity contribution >= 4 is 40.3 Å². The monoisotopic (exact) mass is 298 g/mol. The maximum absolute atomic E-state index is 13.4. The molecule has 0 amide bonds. The molecular formula is C13H9ClF2N2S. The largest absolute Gasteiger partial charge is 0.332 e. The van der Waals surface area contributed by atoms with Crippen molar-refractivity contribution in [1.29, 1.82) is 0 Å². The Bertz CT molecular complexity index is 619. The van der Waals surface area contributed by atoms with E-state index in [1.807, 2.05) is 0 Å². The first-order valence-corrected chi connectivity index (χ1v) is 6.12. The highest BCUT2D eigenvalue weighted by molar-refractivity contribution is 7.80. The van der Waals surface area contributed by atoms with Crippen LogP contribution in [0.3, 0.4) is 0 Å². The number of thiocarbonyl (C=S) groups is 1. The summed E-state index contributed by atoms with van der Waals surface area (Å²) >= 11 is 10.7. The molecule has 0 saturated heterocycles. The van der Waals surface area contributed by atoms with E-state index in [1.54, 1.807) is 18.2 Å². The van der Waals surface area contributed by atoms with Crippen LogP contribution in [-0.2, 0) is 0 Å². The van der Waals surface area contributed by atoms with Gasteiger partial charge in [-0.05, 0) is 42.5 Å². The van der Waals surface area contributed by atoms with Crippen LogP contribution >= 0.6 is 23.8 Å². The molecule has 0 bridgehead atoms. The predicted molar refractivity (Wildman–Crippen MR) is 77.7 cm³/mol. The summed E-state index contributed by atoms with van der Waals surface area (Å²) in [5.74, 6) is -0.927. The maximum atomic E-state index is 13.4. The average Bonchev–Trinajstić information content (AvgIpc) is 2.37. The second-order valence-electron chi connectivity index (χ2n) is 3.69. The van der Waals surface area contributed by atoms with Crippen LogP contribution in [0.4, 0.5) is 20.2 Å². The normalized spacial score (nSPS) is 10.1. The van der Waals surface area contributed by atoms with Crippen molar-refractivity contribution < 1.29 is 8.78 Å². The molecule has 0 aliphatic rings. The fourth-order valence-corrected chi connectivity index (χ4v) is 1.83. The van der Waals surface area contributed by atoms with Gasteiger partial charge >= 0.3 is 0 Å². The highest BCUT2D eigenvalue weighted by atomic mass is 35.5. The molecule has 2 aromatic carbocycles. The lowest BCUT2D eigenvalue weighted by Gasteiger charge is -2.11. The van der Waals surface area contributed by atoms with E-state index in [0.29, 0.717) is 5.69 Å². The minimum atomic E-state index is -0.514. The van der Waals surface area contributed by atoms with Crippen molar-refractivity contribution in [1.82, 2.24) is 0 Å². The number of hydrogen-bond acceptors (Lipinski definition) is 1. The van der Waals surface area contributed by atoms with Crippen molar-refractivity contribution in [3.05, 3.63) is 59.1 Å². The van der Waals surface area contributed by atoms with Crippen LogP contribution in [0.5, 0.6) is 0 Å². The van der Waals surface area contributed by atoms with Crippen LogP contribution in [0, 0.1) is 11.6 Å². The summed E-state index contributed by atoms with van der Waals surface area (Å²) in [7, 11) is 0. The summed E-state index contributed by atoms with van der Waals surface area (Å²) in [5, 5.41) is 5.66. The minimum absolute atomic E-state index is 0.0151. The summed E-state index contributed by atoms with van der Waals surface area (Å²) in [4.78, 5) is 0. The Hall–Kier alpha value is -1.72. The number of nitrogens with one attached hydrogen (secondary N) is 2. The van der Waals surface area contributed by atoms with Crippen LogP contribution in [0.1, 0.15) is 0 Å². The number of benzene rings is 2. The lowest BCUT2D eigenvalue weighted by Crippen LogP contribution is -2.19. The Kier molecular flexibility index (Phi) is 4.29. The topological polar surface area (TPSA) is 24.1 Å². The van der Waals surface area contributed by atoms with Crippen molar-refractivity contribution in [2.24, 2.45) is 0 Å². The Balaban J connectivity index is 2.05. The zero-order valence-electron chi connectivity index (χ0n) is 9.58. The fourth-order valence-electron chi connectivity index (χ4n) is 1.42. The third-order valence-electron chi connectivity index (χ3n) is 2.30. The van der Waals surface area contributed by atoms with E-state index in [2.05, 4.69) is 10.6 Å². The van der Waals surface area contributed by atoms with Gasteiger partial charge in [0.05, 0.1) is 10.7 Å². The first-order valence-electron chi connectivity index (χ1n) is 5.34. The molecule has 0 fully saturated rings. The molecule has 0 aliphatic heterocycles. The predicted octanol–water partition coefficient (Wildman–Crippen LogP) is 4.43. The quantitative estimate of drug-likeness (QED) is 0.802. The molecular weight excluding hydrogens is 290 g/mol. The van der Waals surface area contributed by atoms with Crippen LogP contribution in [0.15, 0.2) is 42.5 Å². The van der Waals surface area contributed by atoms with Crippen molar-refractivity contribution in [2.75, 3.05) is 10.6 Å². The van der Waals surface area contributed by atoms with Crippen LogP contribution in [-0.4, -0.2) is 5.11 Å². The molecule has 2 rings (SSSR count). The Morgan fingerprint density at radius 1 is 1.00 bits per heavy atom. The maximum Gasteiger partial charge on any atom is 0.175 e. The molecule has 0 aliphatic carbocycles. The molecule has 0 radical (unpaired) electrons. The van der Waals surface area contributed by atoms with Gasteiger partial charge in [-0.1, -0.05) is 23.7 Å². The minimum Gasteiger partial charge on any atom is -0.332 e. The number of rotatable bonds is 2. The molecule has 98 valence electrons. The van der Waals surface area contributed by atoms with Crippen LogP contribution < -0.4 is 10.6 Å². The first kappa shape index (κ1) is 13.7. The highest BCUT2D eigenvalue weighted by Crippen LogP contribution is 2.20. The molecule has 6 heteroatoms. The van der Waals surface area contributed by atoms with Gasteiger partial charge in [0, 0.05) is 5.69 Å². The zero-order valence-corrected chi connectivity index (χ0v) is 11.2. The van der Waals surface area contributed by atoms with Gasteiger partial charge in [-0.2, -0.15) is 0 Å². The summed E-state index contributed by atoms with van der Waals surface area (Å²) in [5.41, 5.74) is 0.772. The third-order valence-corrected chi connectivity index (χ3v) is 2.79. The smallest absolute Gasteiger partial charge is 0.175 e. The highest BCUT2D eigenvalue weighted by Gasteiger charge is 2.05. The molecule has 0 aromatic heterocycles. The van der Waals surface area contributed by atoms with Gasteiger partial charge < -0.3 is 10.6 Å². The molecule has 0 unspecified atom stereocenters. The standard InChI is InChI=1S/C13H9ClF2N2S/c14-9-7-8(5-6-10(9)15)17-13(19)18-12-4-2-1-3-11(12)16/h1-7H,(H2,17,18,19). The van der Waals surface area contributed by atoms with Crippen molar-refractivity contribution in [2.45, 2.75) is 0 Å². The number of hydrogen-bond donors (Lipinski definition) is 2. The van der Waals surface area contributed by atoms with E-state index in [-0.39, 0.29) is 15.8 Å². The fraction of sp³-hybridized carbons (Fsp3) is 0. The van der Waals surface area contributed by atoms with Gasteiger partial charge in [0.25, 0.3) is 0 Å². The van der Waals surface area contributed by atoms with Gasteiger partial charge in [0.2, 0.25) is 0 Å². The summed E-state index contributed by atoms with van der Waals surface area (Å²) < 4.78 is 26.4. The van der Waals surface area contributed by atoms with Gasteiger partial charge in [0.15, 0.2) is 5.11 Å². The molecule has 0 atom stereocenters. The first-order chi connectivity index (χ1) is 9.06. The summed E-state index contributed by atoms with van der Waals surface area (Å²) in [6, 6.07) is 10.2. The lowest BCUT2D eigenvalue weighted by atomic mass is 10.3. The summed E-state index contributed by atoms with van der Waals surface area (Å²) in [6.07, 6.45) is 0. The van der Waals surface area contributed by atoms with Gasteiger partial charge in [-0.15, -0.1) is 0 Å². The van der Waals surface area contributed by atoms with E-state index < -0.39 is 11.6 Å². The Morgan fingerprint density at radius 2 is 1.74 bits per heavy atom. The van der Waals surface area contributed by atoms with Crippen molar-refractivity contribution in [3.63, 3.8) is 0 Å². The molecule has 0 spiro atoms. The van der Waals surface area contributed by atoms with Gasteiger partial charge in [0.1, 0.15) is 11.6 Å². The lowest BCUT2D eigenvalue weighted by molar-refractivity contribution is 0.628. The van der Waals surface area contributed by atoms with Crippen LogP contribution in [0.2, 0.25) is 5.02 Å². The van der Waals surface area contributed by atoms with E-state index in [0.717, 1.165) is 0 Å². The van der Waals surface area contributed by atoms with E-state index in [4.69, 9.17) is 23.8 Å². The number of halogens is 3. The van der Waals surface area contributed by atoms with Crippen molar-refractivity contribution in [3.8, 4) is 0 Å². The third kappa shape index (κ3) is 3.62. The van der Waals surface area contributed by atoms with E-state index >= 15 is 0 Å². The van der Waals surface area contributed by atoms with E-state index in [9.17, 15) is 8.78 Å². The second kappa shape index (κ2) is 5.95. The Labute approximate surface area is 119 Å². The van der Waals surface area contributed by atoms with Crippen LogP contribution in [0.25, 0.3) is 0 Å². The van der Waals surface area contributed by atoms with Gasteiger partial charge in [-0.3, -0.25) is 0 Å².